The summed E-state index contributed by atoms with van der Waals surface area (Å²) < 4.78 is 6.26. The average Bonchev–Trinajstić information content (AvgIpc) is 2.83. The van der Waals surface area contributed by atoms with Crippen LogP contribution in [0.2, 0.25) is 19.1 Å². The maximum Gasteiger partial charge on any atom is 0.220 e. The summed E-state index contributed by atoms with van der Waals surface area (Å²) in [4.78, 5) is 22.3. The van der Waals surface area contributed by atoms with Gasteiger partial charge in [0, 0.05) is 13.0 Å². The van der Waals surface area contributed by atoms with Gasteiger partial charge in [0.1, 0.15) is 5.75 Å². The minimum absolute atomic E-state index is 0.0559. The molecule has 0 atom stereocenters. The molecule has 0 heterocycles. The van der Waals surface area contributed by atoms with Gasteiger partial charge in [-0.3, -0.25) is 4.79 Å². The van der Waals surface area contributed by atoms with Gasteiger partial charge in [-0.05, 0) is 86.5 Å². The van der Waals surface area contributed by atoms with Crippen LogP contribution in [0, 0.1) is 6.92 Å². The molecule has 0 bridgehead atoms. The van der Waals surface area contributed by atoms with Crippen molar-refractivity contribution < 1.29 is 14.3 Å². The van der Waals surface area contributed by atoms with Gasteiger partial charge in [-0.15, -0.1) is 0 Å². The number of hydrogen-bond acceptors (Lipinski definition) is 3. The molecule has 0 aliphatic rings. The number of carbonyl (C=O) groups excluding carboxylic acids is 1. The summed E-state index contributed by atoms with van der Waals surface area (Å²) in [6, 6.07) is 5.22. The fraction of sp³-hybridized carbons (Fsp3) is 0.710. The van der Waals surface area contributed by atoms with Crippen LogP contribution < -0.4 is 10.1 Å². The van der Waals surface area contributed by atoms with E-state index in [4.69, 9.17) is 4.74 Å². The molecule has 0 aliphatic heterocycles. The molecule has 2 N–H and O–H groups in total. The minimum Gasteiger partial charge on any atom is -0.493 e. The van der Waals surface area contributed by atoms with Gasteiger partial charge in [0.2, 0.25) is 5.91 Å². The van der Waals surface area contributed by atoms with Gasteiger partial charge >= 0.3 is 0 Å². The first-order valence-corrected chi connectivity index (χ1v) is 17.8. The number of amides is 1. The second-order valence-corrected chi connectivity index (χ2v) is 15.2. The Balaban J connectivity index is 2.73. The number of unbranched alkanes of at least 4 members (excludes halogenated alkanes) is 8. The summed E-state index contributed by atoms with van der Waals surface area (Å²) in [5, 5.41) is 2.99. The Hall–Kier alpha value is -1.59. The first-order valence-electron chi connectivity index (χ1n) is 14.6. The number of aryl methyl sites for hydroxylation is 1. The third-order valence-electron chi connectivity index (χ3n) is 6.87. The van der Waals surface area contributed by atoms with Gasteiger partial charge < -0.3 is 14.8 Å². The highest BCUT2D eigenvalue weighted by Gasteiger charge is 2.16. The predicted octanol–water partition coefficient (Wildman–Crippen LogP) is 8.35. The molecule has 1 amide bonds. The highest BCUT2D eigenvalue weighted by molar-refractivity contribution is 6.69. The van der Waals surface area contributed by atoms with Crippen LogP contribution in [0.25, 0.3) is 5.57 Å². The molecule has 0 radical (unpaired) electrons. The quantitative estimate of drug-likeness (QED) is 0.127. The molecule has 36 heavy (non-hydrogen) atoms. The Bertz CT molecular complexity index is 770. The van der Waals surface area contributed by atoms with E-state index >= 15 is 0 Å². The zero-order valence-corrected chi connectivity index (χ0v) is 25.1. The molecule has 0 saturated heterocycles. The largest absolute Gasteiger partial charge is 0.493 e. The van der Waals surface area contributed by atoms with Crippen molar-refractivity contribution in [1.29, 1.82) is 0 Å². The molecule has 1 aromatic carbocycles. The summed E-state index contributed by atoms with van der Waals surface area (Å²) in [6.07, 6.45) is 15.5. The Morgan fingerprint density at radius 2 is 1.58 bits per heavy atom. The zero-order valence-electron chi connectivity index (χ0n) is 24.1. The van der Waals surface area contributed by atoms with Crippen LogP contribution >= 0.6 is 0 Å². The molecule has 0 unspecified atom stereocenters. The van der Waals surface area contributed by atoms with E-state index in [1.165, 1.54) is 68.9 Å². The Kier molecular flexibility index (Phi) is 16.8. The number of ether oxygens (including phenoxy) is 1. The van der Waals surface area contributed by atoms with Crippen LogP contribution in [0.4, 0.5) is 0 Å². The smallest absolute Gasteiger partial charge is 0.220 e. The van der Waals surface area contributed by atoms with Crippen molar-refractivity contribution in [3.05, 3.63) is 35.4 Å². The van der Waals surface area contributed by atoms with Crippen molar-refractivity contribution in [1.82, 2.24) is 5.32 Å². The van der Waals surface area contributed by atoms with Crippen LogP contribution in [0.5, 0.6) is 5.75 Å². The van der Waals surface area contributed by atoms with Crippen molar-refractivity contribution in [3.63, 3.8) is 0 Å². The number of hydrogen-bond donors (Lipinski definition) is 2. The lowest BCUT2D eigenvalue weighted by Crippen LogP contribution is -2.29. The molecule has 0 spiro atoms. The molecule has 1 aromatic rings. The zero-order chi connectivity index (χ0) is 26.8. The van der Waals surface area contributed by atoms with Gasteiger partial charge in [-0.2, -0.15) is 0 Å². The Morgan fingerprint density at radius 3 is 2.25 bits per heavy atom. The number of carbonyl (C=O) groups is 1. The molecule has 1 rings (SSSR count). The van der Waals surface area contributed by atoms with E-state index in [1.54, 1.807) is 0 Å². The van der Waals surface area contributed by atoms with E-state index in [2.05, 4.69) is 44.8 Å². The van der Waals surface area contributed by atoms with E-state index in [1.807, 2.05) is 13.1 Å². The lowest BCUT2D eigenvalue weighted by molar-refractivity contribution is -0.120. The van der Waals surface area contributed by atoms with Gasteiger partial charge in [0.15, 0.2) is 8.32 Å². The van der Waals surface area contributed by atoms with Crippen molar-refractivity contribution in [2.45, 2.75) is 130 Å². The van der Waals surface area contributed by atoms with Crippen LogP contribution in [0.15, 0.2) is 18.7 Å². The normalized spacial score (nSPS) is 11.5. The van der Waals surface area contributed by atoms with E-state index < -0.39 is 8.32 Å². The van der Waals surface area contributed by atoms with Crippen LogP contribution in [0.1, 0.15) is 114 Å². The topological polar surface area (TPSA) is 58.6 Å². The van der Waals surface area contributed by atoms with Gasteiger partial charge in [-0.1, -0.05) is 77.9 Å². The highest BCUT2D eigenvalue weighted by atomic mass is 28.4. The Labute approximate surface area is 223 Å². The molecule has 0 aliphatic carbocycles. The highest BCUT2D eigenvalue weighted by Crippen LogP contribution is 2.30. The first kappa shape index (κ1) is 32.4. The molecule has 0 saturated carbocycles. The van der Waals surface area contributed by atoms with Crippen molar-refractivity contribution >= 4 is 19.8 Å². The molecular formula is C31H55NO3Si. The average molecular weight is 518 g/mol. The van der Waals surface area contributed by atoms with Crippen LogP contribution in [-0.2, 0) is 11.2 Å². The summed E-state index contributed by atoms with van der Waals surface area (Å²) in [7, 11) is -2.04. The van der Waals surface area contributed by atoms with Gasteiger partial charge in [0.05, 0.1) is 6.61 Å². The SMILES string of the molecule is C=C(CCC(=O)NCCC[Si](C)(C)O)c1cc(CCCCCCCC)c(C)c(OCCCCCC)c1. The van der Waals surface area contributed by atoms with Crippen LogP contribution in [-0.4, -0.2) is 32.2 Å². The third kappa shape index (κ3) is 14.8. The van der Waals surface area contributed by atoms with Crippen molar-refractivity contribution in [2.24, 2.45) is 0 Å². The predicted molar refractivity (Wildman–Crippen MR) is 158 cm³/mol. The summed E-state index contributed by atoms with van der Waals surface area (Å²) in [6.45, 7) is 16.3. The van der Waals surface area contributed by atoms with E-state index in [0.29, 0.717) is 19.4 Å². The maximum atomic E-state index is 12.3. The number of allylic oxidation sites excluding steroid dienone is 1. The fourth-order valence-corrected chi connectivity index (χ4v) is 5.45. The minimum atomic E-state index is -2.04. The van der Waals surface area contributed by atoms with E-state index in [-0.39, 0.29) is 5.91 Å². The van der Waals surface area contributed by atoms with Crippen molar-refractivity contribution in [3.8, 4) is 5.75 Å². The molecule has 206 valence electrons. The number of nitrogens with one attached hydrogen (secondary N) is 1. The lowest BCUT2D eigenvalue weighted by atomic mass is 9.94. The summed E-state index contributed by atoms with van der Waals surface area (Å²) in [5.41, 5.74) is 4.71. The first-order chi connectivity index (χ1) is 17.2. The molecule has 5 heteroatoms. The summed E-state index contributed by atoms with van der Waals surface area (Å²) >= 11 is 0. The number of rotatable bonds is 21. The van der Waals surface area contributed by atoms with Crippen molar-refractivity contribution in [2.75, 3.05) is 13.2 Å². The molecular weight excluding hydrogens is 462 g/mol. The van der Waals surface area contributed by atoms with Gasteiger partial charge in [-0.25, -0.2) is 0 Å². The maximum absolute atomic E-state index is 12.3. The van der Waals surface area contributed by atoms with Crippen LogP contribution in [0.3, 0.4) is 0 Å². The van der Waals surface area contributed by atoms with E-state index in [9.17, 15) is 9.59 Å². The molecule has 0 fully saturated rings. The molecule has 0 aromatic heterocycles. The Morgan fingerprint density at radius 1 is 0.944 bits per heavy atom. The lowest BCUT2D eigenvalue weighted by Gasteiger charge is -2.17. The van der Waals surface area contributed by atoms with E-state index in [0.717, 1.165) is 48.8 Å². The second kappa shape index (κ2) is 18.6. The number of benzene rings is 1. The third-order valence-corrected chi connectivity index (χ3v) is 8.45. The standard InChI is InChI=1S/C31H55NO3Si/c1-7-9-11-13-14-15-18-28-24-29(25-30(27(28)4)35-22-16-12-10-8-2)26(3)19-20-31(33)32-21-17-23-36(5,6)34/h24-25,34H,3,7-23H2,1-2,4-6H3,(H,32,33). The fourth-order valence-electron chi connectivity index (χ4n) is 4.41. The second-order valence-electron chi connectivity index (χ2n) is 11.1. The summed E-state index contributed by atoms with van der Waals surface area (Å²) in [5.74, 6) is 1.03. The molecule has 4 nitrogen and oxygen atoms in total. The van der Waals surface area contributed by atoms with Gasteiger partial charge in [0.25, 0.3) is 0 Å². The monoisotopic (exact) mass is 517 g/mol.